The molecular weight excluding hydrogens is 296 g/mol. The molecule has 1 aliphatic carbocycles. The summed E-state index contributed by atoms with van der Waals surface area (Å²) < 4.78 is 10.5. The lowest BCUT2D eigenvalue weighted by molar-refractivity contribution is -0.122. The highest BCUT2D eigenvalue weighted by Crippen LogP contribution is 2.31. The second-order valence-electron chi connectivity index (χ2n) is 5.73. The Hall–Kier alpha value is -2.50. The normalized spacial score (nSPS) is 13.8. The molecule has 1 amide bonds. The third-order valence-corrected chi connectivity index (χ3v) is 4.07. The molecule has 1 saturated carbocycles. The number of carbonyl (C=O) groups excluding carboxylic acids is 1. The van der Waals surface area contributed by atoms with E-state index in [1.54, 1.807) is 20.3 Å². The fraction of sp³-hybridized carbons (Fsp3) is 0.412. The van der Waals surface area contributed by atoms with Crippen molar-refractivity contribution in [1.82, 2.24) is 10.3 Å². The Morgan fingerprint density at radius 2 is 1.91 bits per heavy atom. The topological polar surface area (TPSA) is 80.4 Å². The molecule has 1 fully saturated rings. The van der Waals surface area contributed by atoms with E-state index < -0.39 is 0 Å². The van der Waals surface area contributed by atoms with Gasteiger partial charge in [-0.15, -0.1) is 0 Å². The Balaban J connectivity index is 1.81. The number of fused-ring (bicyclic) bond motifs is 1. The van der Waals surface area contributed by atoms with Crippen LogP contribution in [0.5, 0.6) is 11.5 Å². The van der Waals surface area contributed by atoms with Crippen molar-refractivity contribution in [1.29, 1.82) is 0 Å². The van der Waals surface area contributed by atoms with Crippen LogP contribution in [0.25, 0.3) is 10.9 Å². The largest absolute Gasteiger partial charge is 0.493 e. The summed E-state index contributed by atoms with van der Waals surface area (Å²) in [5, 5.41) is 3.74. The molecule has 0 atom stereocenters. The lowest BCUT2D eigenvalue weighted by atomic mass is 10.1. The van der Waals surface area contributed by atoms with Crippen molar-refractivity contribution in [3.63, 3.8) is 0 Å². The number of aromatic amines is 1. The number of pyridine rings is 1. The lowest BCUT2D eigenvalue weighted by Crippen LogP contribution is -2.28. The van der Waals surface area contributed by atoms with Crippen LogP contribution in [0.3, 0.4) is 0 Å². The number of methoxy groups -OCH3 is 2. The number of nitrogens with one attached hydrogen (secondary N) is 2. The Bertz CT molecular complexity index is 793. The van der Waals surface area contributed by atoms with E-state index in [1.165, 1.54) is 0 Å². The molecule has 3 rings (SSSR count). The molecule has 1 aromatic heterocycles. The second-order valence-corrected chi connectivity index (χ2v) is 5.73. The van der Waals surface area contributed by atoms with Crippen molar-refractivity contribution in [2.24, 2.45) is 5.92 Å². The molecule has 0 radical (unpaired) electrons. The summed E-state index contributed by atoms with van der Waals surface area (Å²) in [6, 6.07) is 5.41. The van der Waals surface area contributed by atoms with Gasteiger partial charge in [0.1, 0.15) is 0 Å². The molecule has 0 spiro atoms. The average molecular weight is 316 g/mol. The zero-order valence-electron chi connectivity index (χ0n) is 13.3. The first-order valence-electron chi connectivity index (χ1n) is 7.68. The van der Waals surface area contributed by atoms with Crippen molar-refractivity contribution in [3.8, 4) is 11.5 Å². The number of hydrogen-bond acceptors (Lipinski definition) is 4. The van der Waals surface area contributed by atoms with Crippen LogP contribution in [0.1, 0.15) is 18.4 Å². The first kappa shape index (κ1) is 15.4. The molecule has 23 heavy (non-hydrogen) atoms. The predicted molar refractivity (Wildman–Crippen MR) is 87.1 cm³/mol. The fourth-order valence-electron chi connectivity index (χ4n) is 2.57. The predicted octanol–water partition coefficient (Wildman–Crippen LogP) is 1.61. The SMILES string of the molecule is COc1cc2cc(CCNC(=O)C3CC3)c(=O)[nH]c2cc1OC. The van der Waals surface area contributed by atoms with Gasteiger partial charge < -0.3 is 19.8 Å². The number of ether oxygens (including phenoxy) is 2. The zero-order chi connectivity index (χ0) is 16.4. The molecule has 1 aliphatic rings. The van der Waals surface area contributed by atoms with Gasteiger partial charge in [0.2, 0.25) is 5.91 Å². The standard InChI is InChI=1S/C17H20N2O4/c1-22-14-8-12-7-11(5-6-18-16(20)10-3-4-10)17(21)19-13(12)9-15(14)23-2/h7-10H,3-6H2,1-2H3,(H,18,20)(H,19,21). The molecule has 2 N–H and O–H groups in total. The van der Waals surface area contributed by atoms with Gasteiger partial charge in [0.25, 0.3) is 5.56 Å². The smallest absolute Gasteiger partial charge is 0.251 e. The quantitative estimate of drug-likeness (QED) is 0.848. The van der Waals surface area contributed by atoms with Gasteiger partial charge in [0.05, 0.1) is 19.7 Å². The van der Waals surface area contributed by atoms with E-state index >= 15 is 0 Å². The molecule has 2 aromatic rings. The minimum Gasteiger partial charge on any atom is -0.493 e. The minimum absolute atomic E-state index is 0.0913. The molecule has 6 nitrogen and oxygen atoms in total. The summed E-state index contributed by atoms with van der Waals surface area (Å²) in [4.78, 5) is 26.6. The number of rotatable bonds is 6. The van der Waals surface area contributed by atoms with E-state index in [-0.39, 0.29) is 17.4 Å². The molecule has 1 aromatic carbocycles. The van der Waals surface area contributed by atoms with Crippen LogP contribution < -0.4 is 20.3 Å². The second kappa shape index (κ2) is 6.32. The summed E-state index contributed by atoms with van der Waals surface area (Å²) in [5.41, 5.74) is 1.18. The Labute approximate surface area is 133 Å². The maximum atomic E-state index is 12.2. The number of H-pyrrole nitrogens is 1. The third kappa shape index (κ3) is 3.31. The highest BCUT2D eigenvalue weighted by molar-refractivity contribution is 5.83. The van der Waals surface area contributed by atoms with Crippen LogP contribution in [-0.4, -0.2) is 31.7 Å². The van der Waals surface area contributed by atoms with Gasteiger partial charge in [-0.3, -0.25) is 9.59 Å². The van der Waals surface area contributed by atoms with Crippen LogP contribution >= 0.6 is 0 Å². The van der Waals surface area contributed by atoms with Gasteiger partial charge in [0.15, 0.2) is 11.5 Å². The summed E-state index contributed by atoms with van der Waals surface area (Å²) in [7, 11) is 3.13. The Morgan fingerprint density at radius 3 is 2.57 bits per heavy atom. The maximum absolute atomic E-state index is 12.2. The summed E-state index contributed by atoms with van der Waals surface area (Å²) in [5.74, 6) is 1.45. The number of aromatic nitrogens is 1. The monoisotopic (exact) mass is 316 g/mol. The van der Waals surface area contributed by atoms with Crippen molar-refractivity contribution >= 4 is 16.8 Å². The molecule has 0 unspecified atom stereocenters. The van der Waals surface area contributed by atoms with Crippen molar-refractivity contribution in [2.75, 3.05) is 20.8 Å². The van der Waals surface area contributed by atoms with E-state index in [9.17, 15) is 9.59 Å². The van der Waals surface area contributed by atoms with Crippen LogP contribution in [0, 0.1) is 5.92 Å². The average Bonchev–Trinajstić information content (AvgIpc) is 3.39. The summed E-state index contributed by atoms with van der Waals surface area (Å²) in [6.45, 7) is 0.469. The molecular formula is C17H20N2O4. The van der Waals surface area contributed by atoms with Gasteiger partial charge in [-0.05, 0) is 31.4 Å². The first-order chi connectivity index (χ1) is 11.1. The number of carbonyl (C=O) groups is 1. The third-order valence-electron chi connectivity index (χ3n) is 4.07. The minimum atomic E-state index is -0.148. The van der Waals surface area contributed by atoms with Crippen LogP contribution in [0.4, 0.5) is 0 Å². The zero-order valence-corrected chi connectivity index (χ0v) is 13.3. The Morgan fingerprint density at radius 1 is 1.22 bits per heavy atom. The maximum Gasteiger partial charge on any atom is 0.251 e. The van der Waals surface area contributed by atoms with Crippen molar-refractivity contribution < 1.29 is 14.3 Å². The molecule has 122 valence electrons. The van der Waals surface area contributed by atoms with Crippen LogP contribution in [0.2, 0.25) is 0 Å². The van der Waals surface area contributed by atoms with E-state index in [0.29, 0.717) is 35.5 Å². The van der Waals surface area contributed by atoms with Gasteiger partial charge in [0, 0.05) is 29.5 Å². The van der Waals surface area contributed by atoms with Gasteiger partial charge >= 0.3 is 0 Å². The van der Waals surface area contributed by atoms with Crippen molar-refractivity contribution in [2.45, 2.75) is 19.3 Å². The number of benzene rings is 1. The number of amides is 1. The van der Waals surface area contributed by atoms with E-state index in [0.717, 1.165) is 18.2 Å². The molecule has 1 heterocycles. The summed E-state index contributed by atoms with van der Waals surface area (Å²) in [6.07, 6.45) is 2.45. The van der Waals surface area contributed by atoms with E-state index in [4.69, 9.17) is 9.47 Å². The van der Waals surface area contributed by atoms with E-state index in [2.05, 4.69) is 10.3 Å². The lowest BCUT2D eigenvalue weighted by Gasteiger charge is -2.10. The molecule has 0 bridgehead atoms. The first-order valence-corrected chi connectivity index (χ1v) is 7.68. The number of hydrogen-bond donors (Lipinski definition) is 2. The van der Waals surface area contributed by atoms with E-state index in [1.807, 2.05) is 12.1 Å². The molecule has 0 aliphatic heterocycles. The van der Waals surface area contributed by atoms with Crippen LogP contribution in [-0.2, 0) is 11.2 Å². The van der Waals surface area contributed by atoms with Gasteiger partial charge in [-0.2, -0.15) is 0 Å². The molecule has 0 saturated heterocycles. The van der Waals surface area contributed by atoms with Gasteiger partial charge in [-0.1, -0.05) is 0 Å². The highest BCUT2D eigenvalue weighted by Gasteiger charge is 2.29. The summed E-state index contributed by atoms with van der Waals surface area (Å²) >= 11 is 0. The molecule has 6 heteroatoms. The van der Waals surface area contributed by atoms with Crippen molar-refractivity contribution in [3.05, 3.63) is 34.1 Å². The van der Waals surface area contributed by atoms with Crippen LogP contribution in [0.15, 0.2) is 23.0 Å². The Kier molecular flexibility index (Phi) is 4.23. The highest BCUT2D eigenvalue weighted by atomic mass is 16.5. The van der Waals surface area contributed by atoms with Gasteiger partial charge in [-0.25, -0.2) is 0 Å². The fourth-order valence-corrected chi connectivity index (χ4v) is 2.57.